The number of hydrogen-bond donors (Lipinski definition) is 0. The van der Waals surface area contributed by atoms with Crippen LogP contribution in [0.1, 0.15) is 51.9 Å². The summed E-state index contributed by atoms with van der Waals surface area (Å²) in [5, 5.41) is 0. The minimum atomic E-state index is 1.07. The third-order valence-corrected chi connectivity index (χ3v) is 1.98. The van der Waals surface area contributed by atoms with E-state index in [4.69, 9.17) is 6.58 Å². The van der Waals surface area contributed by atoms with Crippen LogP contribution in [0.3, 0.4) is 0 Å². The zero-order chi connectivity index (χ0) is 9.78. The lowest BCUT2D eigenvalue weighted by molar-refractivity contribution is 0.756. The van der Waals surface area contributed by atoms with Crippen LogP contribution < -0.4 is 0 Å². The molecule has 0 fully saturated rings. The third-order valence-electron chi connectivity index (χ3n) is 1.98. The van der Waals surface area contributed by atoms with Crippen molar-refractivity contribution in [3.8, 4) is 0 Å². The Morgan fingerprint density at radius 1 is 1.00 bits per heavy atom. The average Bonchev–Trinajstić information content (AvgIpc) is 2.16. The molecule has 0 N–H and O–H groups in total. The first-order chi connectivity index (χ1) is 6.41. The van der Waals surface area contributed by atoms with E-state index in [0.29, 0.717) is 0 Å². The van der Waals surface area contributed by atoms with Gasteiger partial charge in [-0.3, -0.25) is 0 Å². The number of hydrogen-bond acceptors (Lipinski definition) is 0. The van der Waals surface area contributed by atoms with Crippen LogP contribution in [-0.2, 0) is 0 Å². The van der Waals surface area contributed by atoms with Crippen molar-refractivity contribution in [2.24, 2.45) is 0 Å². The molecule has 0 saturated carbocycles. The van der Waals surface area contributed by atoms with Gasteiger partial charge in [0, 0.05) is 0 Å². The van der Waals surface area contributed by atoms with Crippen LogP contribution in [0.25, 0.3) is 0 Å². The van der Waals surface area contributed by atoms with Crippen LogP contribution in [0.15, 0.2) is 24.0 Å². The zero-order valence-corrected chi connectivity index (χ0v) is 8.76. The van der Waals surface area contributed by atoms with E-state index >= 15 is 0 Å². The highest BCUT2D eigenvalue weighted by Crippen LogP contribution is 2.02. The van der Waals surface area contributed by atoms with Crippen LogP contribution in [0.2, 0.25) is 0 Å². The van der Waals surface area contributed by atoms with E-state index in [0.717, 1.165) is 6.42 Å². The lowest BCUT2D eigenvalue weighted by Crippen LogP contribution is -1.72. The number of rotatable bonds is 8. The monoisotopic (exact) mass is 177 g/mol. The van der Waals surface area contributed by atoms with Gasteiger partial charge in [-0.1, -0.05) is 31.9 Å². The molecule has 0 amide bonds. The van der Waals surface area contributed by atoms with Crippen LogP contribution in [0.5, 0.6) is 0 Å². The normalized spacial score (nSPS) is 10.2. The molecule has 0 aliphatic rings. The first-order valence-electron chi connectivity index (χ1n) is 5.34. The lowest BCUT2D eigenvalue weighted by Gasteiger charge is -1.92. The molecule has 0 aromatic rings. The van der Waals surface area contributed by atoms with Gasteiger partial charge in [0.2, 0.25) is 0 Å². The maximum absolute atomic E-state index is 5.10. The molecule has 0 spiro atoms. The van der Waals surface area contributed by atoms with E-state index in [-0.39, 0.29) is 0 Å². The second-order valence-electron chi connectivity index (χ2n) is 3.27. The first kappa shape index (κ1) is 12.3. The maximum Gasteiger partial charge on any atom is -0.0126 e. The van der Waals surface area contributed by atoms with Crippen molar-refractivity contribution in [1.82, 2.24) is 0 Å². The second-order valence-corrected chi connectivity index (χ2v) is 3.27. The molecule has 0 atom stereocenters. The van der Waals surface area contributed by atoms with Gasteiger partial charge in [-0.2, -0.15) is 0 Å². The van der Waals surface area contributed by atoms with Gasteiger partial charge < -0.3 is 0 Å². The Bertz CT molecular complexity index is 159. The molecule has 0 aromatic carbocycles. The van der Waals surface area contributed by atoms with Gasteiger partial charge in [-0.15, -0.1) is 5.73 Å². The molecular formula is C13H21. The highest BCUT2D eigenvalue weighted by Gasteiger charge is 1.83. The Balaban J connectivity index is 3.06. The SMILES string of the molecule is [CH]=C=CCCCCC=CCCCC. The van der Waals surface area contributed by atoms with E-state index < -0.39 is 0 Å². The van der Waals surface area contributed by atoms with Crippen molar-refractivity contribution >= 4 is 0 Å². The van der Waals surface area contributed by atoms with Gasteiger partial charge in [-0.25, -0.2) is 0 Å². The summed E-state index contributed by atoms with van der Waals surface area (Å²) in [6.45, 7) is 7.33. The fourth-order valence-electron chi connectivity index (χ4n) is 1.15. The first-order valence-corrected chi connectivity index (χ1v) is 5.34. The molecule has 0 heteroatoms. The van der Waals surface area contributed by atoms with Crippen molar-refractivity contribution in [3.05, 3.63) is 30.5 Å². The Labute approximate surface area is 83.0 Å². The highest BCUT2D eigenvalue weighted by molar-refractivity contribution is 4.81. The Morgan fingerprint density at radius 2 is 1.62 bits per heavy atom. The number of unbranched alkanes of at least 4 members (excludes halogenated alkanes) is 5. The Hall–Kier alpha value is -0.740. The van der Waals surface area contributed by atoms with Crippen molar-refractivity contribution < 1.29 is 0 Å². The van der Waals surface area contributed by atoms with Crippen molar-refractivity contribution in [3.63, 3.8) is 0 Å². The van der Waals surface area contributed by atoms with Gasteiger partial charge in [0.05, 0.1) is 0 Å². The minimum Gasteiger partial charge on any atom is -0.125 e. The largest absolute Gasteiger partial charge is 0.125 e. The standard InChI is InChI=1S/C13H21/c1-3-5-7-9-11-13-12-10-8-6-4-2/h1,5,10,12H,4,6-9,11,13H2,2H3. The fraction of sp³-hybridized carbons (Fsp3) is 0.615. The summed E-state index contributed by atoms with van der Waals surface area (Å²) in [7, 11) is 0. The zero-order valence-electron chi connectivity index (χ0n) is 8.76. The summed E-state index contributed by atoms with van der Waals surface area (Å²) in [4.78, 5) is 0. The Morgan fingerprint density at radius 3 is 2.23 bits per heavy atom. The quantitative estimate of drug-likeness (QED) is 0.292. The van der Waals surface area contributed by atoms with Gasteiger partial charge in [-0.05, 0) is 44.8 Å². The summed E-state index contributed by atoms with van der Waals surface area (Å²) in [6.07, 6.45) is 15.1. The Kier molecular flexibility index (Phi) is 10.6. The van der Waals surface area contributed by atoms with E-state index in [2.05, 4.69) is 24.8 Å². The lowest BCUT2D eigenvalue weighted by atomic mass is 10.1. The summed E-state index contributed by atoms with van der Waals surface area (Å²) >= 11 is 0. The van der Waals surface area contributed by atoms with Crippen LogP contribution in [-0.4, -0.2) is 0 Å². The van der Waals surface area contributed by atoms with Crippen LogP contribution >= 0.6 is 0 Å². The third kappa shape index (κ3) is 11.3. The molecule has 0 aliphatic carbocycles. The molecule has 1 radical (unpaired) electrons. The van der Waals surface area contributed by atoms with E-state index in [1.54, 1.807) is 0 Å². The molecule has 0 saturated heterocycles. The molecule has 73 valence electrons. The number of allylic oxidation sites excluding steroid dienone is 3. The van der Waals surface area contributed by atoms with Gasteiger partial charge in [0.15, 0.2) is 0 Å². The average molecular weight is 177 g/mol. The summed E-state index contributed by atoms with van der Waals surface area (Å²) in [6, 6.07) is 0. The smallest absolute Gasteiger partial charge is 0.0126 e. The fourth-order valence-corrected chi connectivity index (χ4v) is 1.15. The predicted octanol–water partition coefficient (Wildman–Crippen LogP) is 4.44. The minimum absolute atomic E-state index is 1.07. The molecule has 0 aromatic heterocycles. The maximum atomic E-state index is 5.10. The van der Waals surface area contributed by atoms with E-state index in [1.165, 1.54) is 38.5 Å². The molecule has 0 aliphatic heterocycles. The topological polar surface area (TPSA) is 0 Å². The molecule has 0 bridgehead atoms. The van der Waals surface area contributed by atoms with Crippen molar-refractivity contribution in [1.29, 1.82) is 0 Å². The summed E-state index contributed by atoms with van der Waals surface area (Å²) in [5.41, 5.74) is 2.54. The van der Waals surface area contributed by atoms with Crippen molar-refractivity contribution in [2.45, 2.75) is 51.9 Å². The van der Waals surface area contributed by atoms with Gasteiger partial charge in [0.25, 0.3) is 0 Å². The van der Waals surface area contributed by atoms with Crippen molar-refractivity contribution in [2.75, 3.05) is 0 Å². The van der Waals surface area contributed by atoms with E-state index in [1.807, 2.05) is 6.08 Å². The summed E-state index contributed by atoms with van der Waals surface area (Å²) in [5.74, 6) is 0. The molecule has 0 heterocycles. The molecule has 0 unspecified atom stereocenters. The molecule has 13 heavy (non-hydrogen) atoms. The van der Waals surface area contributed by atoms with Gasteiger partial charge >= 0.3 is 0 Å². The second kappa shape index (κ2) is 11.3. The molecule has 0 nitrogen and oxygen atoms in total. The highest BCUT2D eigenvalue weighted by atomic mass is 13.9. The van der Waals surface area contributed by atoms with Crippen LogP contribution in [0.4, 0.5) is 0 Å². The predicted molar refractivity (Wildman–Crippen MR) is 59.5 cm³/mol. The molecular weight excluding hydrogens is 156 g/mol. The van der Waals surface area contributed by atoms with E-state index in [9.17, 15) is 0 Å². The summed E-state index contributed by atoms with van der Waals surface area (Å²) < 4.78 is 0. The van der Waals surface area contributed by atoms with Crippen LogP contribution in [0, 0.1) is 6.58 Å². The van der Waals surface area contributed by atoms with Gasteiger partial charge in [0.1, 0.15) is 0 Å². The molecule has 0 rings (SSSR count).